The predicted molar refractivity (Wildman–Crippen MR) is 136 cm³/mol. The van der Waals surface area contributed by atoms with Gasteiger partial charge in [0.2, 0.25) is 0 Å². The van der Waals surface area contributed by atoms with Crippen molar-refractivity contribution in [2.75, 3.05) is 6.54 Å². The topological polar surface area (TPSA) is 88.0 Å². The second-order valence-electron chi connectivity index (χ2n) is 9.33. The molecule has 1 saturated heterocycles. The highest BCUT2D eigenvalue weighted by atomic mass is 16.1. The fraction of sp³-hybridized carbons (Fsp3) is 0.444. The molecule has 174 valence electrons. The number of benzene rings is 2. The number of para-hydroxylation sites is 2. The van der Waals surface area contributed by atoms with Crippen molar-refractivity contribution in [1.29, 1.82) is 5.41 Å². The molecule has 0 radical (unpaired) electrons. The average molecular weight is 446 g/mol. The van der Waals surface area contributed by atoms with Gasteiger partial charge in [0.15, 0.2) is 0 Å². The van der Waals surface area contributed by atoms with Gasteiger partial charge in [-0.3, -0.25) is 15.1 Å². The van der Waals surface area contributed by atoms with Crippen molar-refractivity contribution in [3.05, 3.63) is 64.4 Å². The molecule has 0 aliphatic carbocycles. The Morgan fingerprint density at radius 2 is 1.76 bits per heavy atom. The second-order valence-corrected chi connectivity index (χ2v) is 9.33. The molecule has 1 aliphatic rings. The number of nitrogens with one attached hydrogen (secondary N) is 1. The monoisotopic (exact) mass is 445 g/mol. The number of aromatic nitrogens is 2. The smallest absolute Gasteiger partial charge is 0.277 e. The molecule has 4 rings (SSSR count). The normalized spacial score (nSPS) is 19.1. The molecule has 0 bridgehead atoms. The molecule has 3 aromatic rings. The van der Waals surface area contributed by atoms with Gasteiger partial charge in [-0.1, -0.05) is 43.2 Å². The lowest BCUT2D eigenvalue weighted by Gasteiger charge is -2.39. The van der Waals surface area contributed by atoms with E-state index in [0.717, 1.165) is 36.8 Å². The summed E-state index contributed by atoms with van der Waals surface area (Å²) >= 11 is 0. The molecule has 0 saturated carbocycles. The molecular weight excluding hydrogens is 410 g/mol. The Hall–Kier alpha value is -2.99. The van der Waals surface area contributed by atoms with E-state index in [9.17, 15) is 4.79 Å². The van der Waals surface area contributed by atoms with Crippen LogP contribution >= 0.6 is 0 Å². The number of rotatable bonds is 8. The van der Waals surface area contributed by atoms with Gasteiger partial charge in [-0.05, 0) is 64.3 Å². The summed E-state index contributed by atoms with van der Waals surface area (Å²) in [6.07, 6.45) is 7.15. The van der Waals surface area contributed by atoms with Crippen LogP contribution in [0.15, 0.2) is 53.3 Å². The zero-order chi connectivity index (χ0) is 23.4. The molecule has 1 fully saturated rings. The first-order valence-electron chi connectivity index (χ1n) is 12.2. The molecule has 1 aromatic heterocycles. The number of likely N-dealkylation sites (tertiary alicyclic amines) is 1. The number of unbranched alkanes of at least 4 members (excludes halogenated alkanes) is 2. The third kappa shape index (κ3) is 5.17. The molecule has 3 N–H and O–H groups in total. The van der Waals surface area contributed by atoms with Gasteiger partial charge in [0, 0.05) is 29.8 Å². The van der Waals surface area contributed by atoms with Crippen molar-refractivity contribution >= 4 is 16.9 Å². The van der Waals surface area contributed by atoms with Crippen molar-refractivity contribution in [3.8, 4) is 11.3 Å². The molecular formula is C27H35N5O. The number of hydrogen-bond donors (Lipinski definition) is 2. The van der Waals surface area contributed by atoms with E-state index in [1.807, 2.05) is 41.0 Å². The number of hydrogen-bond acceptors (Lipinski definition) is 4. The molecule has 2 heterocycles. The lowest BCUT2D eigenvalue weighted by molar-refractivity contribution is 0.101. The van der Waals surface area contributed by atoms with Gasteiger partial charge in [0.1, 0.15) is 11.5 Å². The van der Waals surface area contributed by atoms with Crippen LogP contribution < -0.4 is 11.3 Å². The Bertz CT molecular complexity index is 1170. The van der Waals surface area contributed by atoms with E-state index in [1.165, 1.54) is 19.3 Å². The molecule has 0 amide bonds. The number of nitrogen functional groups attached to an aromatic ring is 1. The van der Waals surface area contributed by atoms with Crippen LogP contribution in [0.1, 0.15) is 57.9 Å². The Morgan fingerprint density at radius 3 is 2.52 bits per heavy atom. The molecule has 2 atom stereocenters. The molecule has 1 aliphatic heterocycles. The van der Waals surface area contributed by atoms with E-state index >= 15 is 0 Å². The summed E-state index contributed by atoms with van der Waals surface area (Å²) < 4.78 is 1.87. The minimum absolute atomic E-state index is 0.0182. The van der Waals surface area contributed by atoms with Gasteiger partial charge in [-0.2, -0.15) is 0 Å². The number of piperidine rings is 1. The zero-order valence-corrected chi connectivity index (χ0v) is 19.8. The van der Waals surface area contributed by atoms with Crippen LogP contribution in [0.4, 0.5) is 0 Å². The first-order chi connectivity index (χ1) is 16.0. The minimum atomic E-state index is -0.0901. The molecule has 2 unspecified atom stereocenters. The number of aryl methyl sites for hydroxylation is 1. The third-order valence-corrected chi connectivity index (χ3v) is 6.97. The number of fused-ring (bicyclic) bond motifs is 1. The van der Waals surface area contributed by atoms with Gasteiger partial charge in [0.05, 0.1) is 11.0 Å². The first kappa shape index (κ1) is 23.2. The summed E-state index contributed by atoms with van der Waals surface area (Å²) in [5.74, 6) is -0.0182. The van der Waals surface area contributed by atoms with Crippen LogP contribution in [0.25, 0.3) is 22.3 Å². The highest BCUT2D eigenvalue weighted by Gasteiger charge is 2.23. The maximum atomic E-state index is 13.5. The lowest BCUT2D eigenvalue weighted by Crippen LogP contribution is -2.44. The van der Waals surface area contributed by atoms with E-state index in [2.05, 4.69) is 23.7 Å². The van der Waals surface area contributed by atoms with E-state index in [1.54, 1.807) is 12.1 Å². The van der Waals surface area contributed by atoms with Gasteiger partial charge in [-0.15, -0.1) is 0 Å². The Labute approximate surface area is 196 Å². The van der Waals surface area contributed by atoms with Crippen molar-refractivity contribution in [1.82, 2.24) is 14.5 Å². The van der Waals surface area contributed by atoms with Crippen molar-refractivity contribution in [3.63, 3.8) is 0 Å². The molecule has 2 aromatic carbocycles. The van der Waals surface area contributed by atoms with Crippen LogP contribution in [-0.4, -0.2) is 38.9 Å². The molecule has 0 spiro atoms. The molecule has 6 nitrogen and oxygen atoms in total. The largest absolute Gasteiger partial charge is 0.384 e. The number of amidine groups is 1. The standard InChI is InChI=1S/C27H35N5O/c1-19-10-8-11-20(2)31(19)16-6-3-7-17-32-24-15-5-4-14-23(24)30-25(27(32)33)21-12-9-13-22(18-21)26(28)29/h4-5,9,12-15,18-20H,3,6-8,10-11,16-17H2,1-2H3,(H3,28,29). The van der Waals surface area contributed by atoms with Gasteiger partial charge < -0.3 is 10.3 Å². The Kier molecular flexibility index (Phi) is 7.23. The summed E-state index contributed by atoms with van der Waals surface area (Å²) in [6.45, 7) is 6.51. The molecule has 33 heavy (non-hydrogen) atoms. The fourth-order valence-corrected chi connectivity index (χ4v) is 5.09. The quantitative estimate of drug-likeness (QED) is 0.297. The van der Waals surface area contributed by atoms with Crippen LogP contribution in [0, 0.1) is 5.41 Å². The van der Waals surface area contributed by atoms with Crippen LogP contribution in [0.3, 0.4) is 0 Å². The van der Waals surface area contributed by atoms with E-state index < -0.39 is 0 Å². The Morgan fingerprint density at radius 1 is 1.03 bits per heavy atom. The summed E-state index contributed by atoms with van der Waals surface area (Å²) in [5, 5.41) is 7.72. The summed E-state index contributed by atoms with van der Waals surface area (Å²) in [4.78, 5) is 20.8. The van der Waals surface area contributed by atoms with E-state index in [4.69, 9.17) is 11.1 Å². The van der Waals surface area contributed by atoms with E-state index in [-0.39, 0.29) is 11.4 Å². The highest BCUT2D eigenvalue weighted by Crippen LogP contribution is 2.23. The maximum Gasteiger partial charge on any atom is 0.277 e. The molecule has 6 heteroatoms. The van der Waals surface area contributed by atoms with Crippen molar-refractivity contribution in [2.45, 2.75) is 71.0 Å². The highest BCUT2D eigenvalue weighted by molar-refractivity contribution is 5.96. The summed E-state index contributed by atoms with van der Waals surface area (Å²) in [5.41, 5.74) is 8.94. The predicted octanol–water partition coefficient (Wildman–Crippen LogP) is 4.78. The maximum absolute atomic E-state index is 13.5. The number of nitrogens with zero attached hydrogens (tertiary/aromatic N) is 3. The van der Waals surface area contributed by atoms with Crippen LogP contribution in [0.5, 0.6) is 0 Å². The Balaban J connectivity index is 1.52. The summed E-state index contributed by atoms with van der Waals surface area (Å²) in [7, 11) is 0. The summed E-state index contributed by atoms with van der Waals surface area (Å²) in [6, 6.07) is 16.4. The zero-order valence-electron chi connectivity index (χ0n) is 19.8. The first-order valence-corrected chi connectivity index (χ1v) is 12.2. The van der Waals surface area contributed by atoms with Gasteiger partial charge >= 0.3 is 0 Å². The second kappa shape index (κ2) is 10.3. The SMILES string of the molecule is CC1CCCC(C)N1CCCCCn1c(=O)c(-c2cccc(C(=N)N)c2)nc2ccccc21. The number of nitrogens with two attached hydrogens (primary N) is 1. The van der Waals surface area contributed by atoms with Crippen molar-refractivity contribution < 1.29 is 0 Å². The van der Waals surface area contributed by atoms with Gasteiger partial charge in [0.25, 0.3) is 5.56 Å². The van der Waals surface area contributed by atoms with Crippen LogP contribution in [0.2, 0.25) is 0 Å². The third-order valence-electron chi connectivity index (χ3n) is 6.97. The average Bonchev–Trinajstić information content (AvgIpc) is 2.81. The van der Waals surface area contributed by atoms with Crippen molar-refractivity contribution in [2.24, 2.45) is 5.73 Å². The van der Waals surface area contributed by atoms with Gasteiger partial charge in [-0.25, -0.2) is 4.98 Å². The lowest BCUT2D eigenvalue weighted by atomic mass is 9.97. The van der Waals surface area contributed by atoms with E-state index in [0.29, 0.717) is 35.4 Å². The fourth-order valence-electron chi connectivity index (χ4n) is 5.09. The van der Waals surface area contributed by atoms with Crippen LogP contribution in [-0.2, 0) is 6.54 Å². The minimum Gasteiger partial charge on any atom is -0.384 e.